The summed E-state index contributed by atoms with van der Waals surface area (Å²) < 4.78 is 14.2. The number of carbonyl (C=O) groups is 2. The number of benzene rings is 1. The number of fused-ring (bicyclic) bond motifs is 3. The summed E-state index contributed by atoms with van der Waals surface area (Å²) in [7, 11) is -0.188. The molecule has 172 valence electrons. The van der Waals surface area contributed by atoms with Crippen molar-refractivity contribution in [3.05, 3.63) is 53.3 Å². The Balaban J connectivity index is 1.65. The van der Waals surface area contributed by atoms with Crippen LogP contribution in [0.25, 0.3) is 0 Å². The molecule has 0 bridgehead atoms. The van der Waals surface area contributed by atoms with Gasteiger partial charge in [0.2, 0.25) is 11.8 Å². The number of rotatable bonds is 6. The van der Waals surface area contributed by atoms with Gasteiger partial charge < -0.3 is 13.7 Å². The van der Waals surface area contributed by atoms with Gasteiger partial charge in [0.05, 0.1) is 25.6 Å². The Labute approximate surface area is 191 Å². The van der Waals surface area contributed by atoms with Crippen LogP contribution in [-0.2, 0) is 27.0 Å². The van der Waals surface area contributed by atoms with Crippen LogP contribution in [0.5, 0.6) is 5.75 Å². The van der Waals surface area contributed by atoms with E-state index in [1.807, 2.05) is 36.5 Å². The lowest BCUT2D eigenvalue weighted by molar-refractivity contribution is -0.126. The Morgan fingerprint density at radius 1 is 1.09 bits per heavy atom. The minimum atomic E-state index is -1.83. The molecule has 1 aromatic carbocycles. The number of imide groups is 1. The highest BCUT2D eigenvalue weighted by Crippen LogP contribution is 2.49. The molecule has 0 saturated carbocycles. The van der Waals surface area contributed by atoms with Crippen molar-refractivity contribution in [1.29, 1.82) is 0 Å². The number of amides is 2. The van der Waals surface area contributed by atoms with E-state index in [0.717, 1.165) is 29.1 Å². The van der Waals surface area contributed by atoms with Gasteiger partial charge in [0.25, 0.3) is 0 Å². The van der Waals surface area contributed by atoms with Crippen LogP contribution in [0.15, 0.2) is 36.5 Å². The predicted octanol–water partition coefficient (Wildman–Crippen LogP) is 4.21. The second kappa shape index (κ2) is 8.19. The van der Waals surface area contributed by atoms with Gasteiger partial charge in [-0.25, -0.2) is 0 Å². The van der Waals surface area contributed by atoms with E-state index in [1.165, 1.54) is 0 Å². The van der Waals surface area contributed by atoms with E-state index in [1.54, 1.807) is 7.11 Å². The molecule has 32 heavy (non-hydrogen) atoms. The summed E-state index contributed by atoms with van der Waals surface area (Å²) >= 11 is 0. The number of para-hydroxylation sites is 1. The van der Waals surface area contributed by atoms with E-state index in [2.05, 4.69) is 43.7 Å². The lowest BCUT2D eigenvalue weighted by Gasteiger charge is -2.36. The third kappa shape index (κ3) is 3.81. The summed E-state index contributed by atoms with van der Waals surface area (Å²) in [6, 6.07) is 9.82. The topological polar surface area (TPSA) is 69.6 Å². The fraction of sp³-hybridized carbons (Fsp3) is 0.520. The van der Waals surface area contributed by atoms with E-state index in [0.29, 0.717) is 13.0 Å². The van der Waals surface area contributed by atoms with Crippen LogP contribution in [0.2, 0.25) is 18.1 Å². The molecular weight excluding hydrogens is 420 g/mol. The van der Waals surface area contributed by atoms with Gasteiger partial charge in [-0.15, -0.1) is 0 Å². The summed E-state index contributed by atoms with van der Waals surface area (Å²) in [5.41, 5.74) is 3.06. The van der Waals surface area contributed by atoms with Gasteiger partial charge in [-0.1, -0.05) is 39.0 Å². The molecular formula is C25H34N2O4Si. The SMILES string of the molecule is COc1ccccc1C1Cc2c(ccn2CCO[Si](C)(C)C(C)(C)C)C2C(=O)NC(=O)C12. The standard InChI is InChI=1S/C25H34N2O4Si/c1-25(2,3)32(5,6)31-14-13-27-12-11-17-19(27)15-18(16-9-7-8-10-20(16)30-4)22-21(17)23(28)26-24(22)29/h7-12,18,21-22H,13-15H2,1-6H3,(H,26,28,29). The quantitative estimate of drug-likeness (QED) is 0.524. The van der Waals surface area contributed by atoms with Crippen LogP contribution < -0.4 is 10.1 Å². The highest BCUT2D eigenvalue weighted by Gasteiger charge is 2.52. The highest BCUT2D eigenvalue weighted by atomic mass is 28.4. The van der Waals surface area contributed by atoms with Crippen molar-refractivity contribution in [2.75, 3.05) is 13.7 Å². The zero-order valence-electron chi connectivity index (χ0n) is 19.9. The van der Waals surface area contributed by atoms with Crippen LogP contribution in [0.3, 0.4) is 0 Å². The van der Waals surface area contributed by atoms with Crippen LogP contribution in [0.4, 0.5) is 0 Å². The molecule has 6 nitrogen and oxygen atoms in total. The van der Waals surface area contributed by atoms with Gasteiger partial charge in [0.1, 0.15) is 5.75 Å². The average molecular weight is 455 g/mol. The van der Waals surface area contributed by atoms with Gasteiger partial charge in [-0.3, -0.25) is 14.9 Å². The van der Waals surface area contributed by atoms with Gasteiger partial charge in [-0.2, -0.15) is 0 Å². The molecule has 4 rings (SSSR count). The minimum absolute atomic E-state index is 0.120. The fourth-order valence-electron chi connectivity index (χ4n) is 4.82. The van der Waals surface area contributed by atoms with Crippen molar-refractivity contribution < 1.29 is 18.8 Å². The molecule has 0 spiro atoms. The Morgan fingerprint density at radius 2 is 1.81 bits per heavy atom. The van der Waals surface area contributed by atoms with Crippen molar-refractivity contribution in [3.63, 3.8) is 0 Å². The lowest BCUT2D eigenvalue weighted by atomic mass is 9.69. The van der Waals surface area contributed by atoms with E-state index < -0.39 is 20.2 Å². The van der Waals surface area contributed by atoms with E-state index in [9.17, 15) is 9.59 Å². The molecule has 3 unspecified atom stereocenters. The summed E-state index contributed by atoms with van der Waals surface area (Å²) in [4.78, 5) is 25.6. The van der Waals surface area contributed by atoms with Crippen LogP contribution in [-0.4, -0.2) is 38.4 Å². The average Bonchev–Trinajstić information content (AvgIpc) is 3.26. The van der Waals surface area contributed by atoms with Gasteiger partial charge in [0, 0.05) is 24.4 Å². The Kier molecular flexibility index (Phi) is 5.84. The number of aromatic nitrogens is 1. The van der Waals surface area contributed by atoms with E-state index in [-0.39, 0.29) is 22.8 Å². The molecule has 2 aromatic rings. The molecule has 1 aliphatic carbocycles. The van der Waals surface area contributed by atoms with Gasteiger partial charge in [-0.05, 0) is 47.8 Å². The molecule has 1 fully saturated rings. The molecule has 3 atom stereocenters. The molecule has 7 heteroatoms. The summed E-state index contributed by atoms with van der Waals surface area (Å²) in [5, 5.41) is 2.74. The number of nitrogens with one attached hydrogen (secondary N) is 1. The molecule has 1 aromatic heterocycles. The number of hydrogen-bond acceptors (Lipinski definition) is 4. The number of ether oxygens (including phenoxy) is 1. The number of carbonyl (C=O) groups excluding carboxylic acids is 2. The van der Waals surface area contributed by atoms with Gasteiger partial charge >= 0.3 is 0 Å². The number of hydrogen-bond donors (Lipinski definition) is 1. The second-order valence-electron chi connectivity index (χ2n) is 10.4. The van der Waals surface area contributed by atoms with Crippen molar-refractivity contribution in [3.8, 4) is 5.75 Å². The van der Waals surface area contributed by atoms with E-state index in [4.69, 9.17) is 9.16 Å². The summed E-state index contributed by atoms with van der Waals surface area (Å²) in [6.45, 7) is 12.6. The minimum Gasteiger partial charge on any atom is -0.496 e. The smallest absolute Gasteiger partial charge is 0.235 e. The van der Waals surface area contributed by atoms with E-state index >= 15 is 0 Å². The largest absolute Gasteiger partial charge is 0.496 e. The first kappa shape index (κ1) is 22.8. The Bertz CT molecular complexity index is 1040. The molecule has 1 aliphatic heterocycles. The van der Waals surface area contributed by atoms with Crippen LogP contribution >= 0.6 is 0 Å². The number of methoxy groups -OCH3 is 1. The lowest BCUT2D eigenvalue weighted by Crippen LogP contribution is -2.41. The zero-order valence-corrected chi connectivity index (χ0v) is 20.9. The van der Waals surface area contributed by atoms with Crippen molar-refractivity contribution in [1.82, 2.24) is 9.88 Å². The van der Waals surface area contributed by atoms with Crippen molar-refractivity contribution >= 4 is 20.1 Å². The molecule has 1 N–H and O–H groups in total. The molecule has 2 heterocycles. The number of nitrogens with zero attached hydrogens (tertiary/aromatic N) is 1. The Morgan fingerprint density at radius 3 is 2.50 bits per heavy atom. The maximum absolute atomic E-state index is 12.8. The molecule has 1 saturated heterocycles. The normalized spacial score (nSPS) is 23.0. The highest BCUT2D eigenvalue weighted by molar-refractivity contribution is 6.74. The summed E-state index contributed by atoms with van der Waals surface area (Å²) in [6.07, 6.45) is 2.72. The maximum atomic E-state index is 12.8. The molecule has 2 amide bonds. The zero-order chi connectivity index (χ0) is 23.3. The van der Waals surface area contributed by atoms with Gasteiger partial charge in [0.15, 0.2) is 8.32 Å². The third-order valence-corrected chi connectivity index (χ3v) is 12.2. The maximum Gasteiger partial charge on any atom is 0.235 e. The third-order valence-electron chi connectivity index (χ3n) is 7.63. The van der Waals surface area contributed by atoms with Crippen molar-refractivity contribution in [2.24, 2.45) is 5.92 Å². The second-order valence-corrected chi connectivity index (χ2v) is 15.2. The molecule has 2 aliphatic rings. The van der Waals surface area contributed by atoms with Crippen molar-refractivity contribution in [2.45, 2.75) is 63.7 Å². The Hall–Kier alpha value is -2.38. The monoisotopic (exact) mass is 454 g/mol. The molecule has 0 radical (unpaired) electrons. The first-order valence-corrected chi connectivity index (χ1v) is 14.3. The van der Waals surface area contributed by atoms with Crippen LogP contribution in [0, 0.1) is 5.92 Å². The first-order chi connectivity index (χ1) is 15.0. The predicted molar refractivity (Wildman–Crippen MR) is 126 cm³/mol. The summed E-state index contributed by atoms with van der Waals surface area (Å²) in [5.74, 6) is -0.614. The van der Waals surface area contributed by atoms with Crippen LogP contribution in [0.1, 0.15) is 49.4 Å². The first-order valence-electron chi connectivity index (χ1n) is 11.3. The fourth-order valence-corrected chi connectivity index (χ4v) is 5.86.